The molecule has 0 spiro atoms. The van der Waals surface area contributed by atoms with Gasteiger partial charge in [0.25, 0.3) is 5.91 Å². The summed E-state index contributed by atoms with van der Waals surface area (Å²) in [5, 5.41) is 9.64. The molecule has 0 aliphatic heterocycles. The number of benzene rings is 1. The van der Waals surface area contributed by atoms with Crippen LogP contribution >= 0.6 is 0 Å². The zero-order valence-corrected chi connectivity index (χ0v) is 11.4. The first-order valence-corrected chi connectivity index (χ1v) is 5.96. The van der Waals surface area contributed by atoms with Crippen LogP contribution in [0.15, 0.2) is 24.3 Å². The van der Waals surface area contributed by atoms with Gasteiger partial charge >= 0.3 is 0 Å². The highest BCUT2D eigenvalue weighted by atomic mass is 16.5. The van der Waals surface area contributed by atoms with Crippen LogP contribution in [-0.2, 0) is 11.2 Å². The molecule has 1 rings (SSSR count). The van der Waals surface area contributed by atoms with Crippen LogP contribution in [0.2, 0.25) is 0 Å². The topological polar surface area (TPSA) is 49.8 Å². The number of aliphatic hydroxyl groups is 1. The molecule has 1 N–H and O–H groups in total. The van der Waals surface area contributed by atoms with Gasteiger partial charge in [-0.05, 0) is 31.9 Å². The first kappa shape index (κ1) is 14.5. The lowest BCUT2D eigenvalue weighted by molar-refractivity contribution is -0.146. The van der Waals surface area contributed by atoms with Gasteiger partial charge in [0.15, 0.2) is 0 Å². The Morgan fingerprint density at radius 2 is 2.00 bits per heavy atom. The van der Waals surface area contributed by atoms with Crippen molar-refractivity contribution in [2.45, 2.75) is 25.9 Å². The summed E-state index contributed by atoms with van der Waals surface area (Å²) in [6, 6.07) is 7.72. The lowest BCUT2D eigenvalue weighted by Crippen LogP contribution is -2.43. The lowest BCUT2D eigenvalue weighted by Gasteiger charge is -2.25. The molecule has 100 valence electrons. The molecular formula is C14H21NO3. The third-order valence-corrected chi connectivity index (χ3v) is 2.78. The quantitative estimate of drug-likeness (QED) is 0.862. The molecule has 0 atom stereocenters. The molecule has 0 radical (unpaired) electrons. The van der Waals surface area contributed by atoms with E-state index in [1.54, 1.807) is 14.2 Å². The third-order valence-electron chi connectivity index (χ3n) is 2.78. The van der Waals surface area contributed by atoms with Gasteiger partial charge in [0.2, 0.25) is 0 Å². The van der Waals surface area contributed by atoms with Gasteiger partial charge < -0.3 is 14.7 Å². The van der Waals surface area contributed by atoms with Gasteiger partial charge in [-0.25, -0.2) is 0 Å². The van der Waals surface area contributed by atoms with E-state index in [1.807, 2.05) is 24.3 Å². The highest BCUT2D eigenvalue weighted by Crippen LogP contribution is 2.18. The summed E-state index contributed by atoms with van der Waals surface area (Å²) in [5.41, 5.74) is -0.273. The highest BCUT2D eigenvalue weighted by molar-refractivity contribution is 5.83. The summed E-state index contributed by atoms with van der Waals surface area (Å²) in [7, 11) is 3.32. The average Bonchev–Trinajstić information content (AvgIpc) is 2.34. The van der Waals surface area contributed by atoms with E-state index < -0.39 is 5.60 Å². The number of hydrogen-bond donors (Lipinski definition) is 1. The normalized spacial score (nSPS) is 11.2. The zero-order valence-electron chi connectivity index (χ0n) is 11.4. The number of amides is 1. The predicted molar refractivity (Wildman–Crippen MR) is 70.6 cm³/mol. The Hall–Kier alpha value is -1.55. The summed E-state index contributed by atoms with van der Waals surface area (Å²) in [5.74, 6) is 0.541. The van der Waals surface area contributed by atoms with Crippen LogP contribution in [0, 0.1) is 0 Å². The van der Waals surface area contributed by atoms with Gasteiger partial charge in [0, 0.05) is 13.6 Å². The van der Waals surface area contributed by atoms with E-state index in [1.165, 1.54) is 18.7 Å². The molecule has 0 heterocycles. The van der Waals surface area contributed by atoms with Gasteiger partial charge in [-0.1, -0.05) is 18.2 Å². The number of likely N-dealkylation sites (N-methyl/N-ethyl adjacent to an activating group) is 1. The fraction of sp³-hybridized carbons (Fsp3) is 0.500. The molecule has 0 aliphatic carbocycles. The van der Waals surface area contributed by atoms with Gasteiger partial charge in [0.05, 0.1) is 7.11 Å². The number of rotatable bonds is 5. The highest BCUT2D eigenvalue weighted by Gasteiger charge is 2.26. The van der Waals surface area contributed by atoms with Crippen LogP contribution < -0.4 is 4.74 Å². The maximum absolute atomic E-state index is 11.8. The second-order valence-corrected chi connectivity index (χ2v) is 4.85. The summed E-state index contributed by atoms with van der Waals surface area (Å²) in [6.07, 6.45) is 0.697. The molecule has 1 aromatic carbocycles. The Morgan fingerprint density at radius 1 is 1.39 bits per heavy atom. The van der Waals surface area contributed by atoms with Crippen molar-refractivity contribution in [1.82, 2.24) is 4.90 Å². The predicted octanol–water partition coefficient (Wildman–Crippen LogP) is 1.47. The maximum Gasteiger partial charge on any atom is 0.253 e. The van der Waals surface area contributed by atoms with E-state index in [0.717, 1.165) is 11.3 Å². The zero-order chi connectivity index (χ0) is 13.8. The Morgan fingerprint density at radius 3 is 2.56 bits per heavy atom. The van der Waals surface area contributed by atoms with Crippen LogP contribution in [0.25, 0.3) is 0 Å². The monoisotopic (exact) mass is 251 g/mol. The number of ether oxygens (including phenoxy) is 1. The molecule has 4 nitrogen and oxygen atoms in total. The molecule has 0 saturated heterocycles. The molecule has 0 bridgehead atoms. The number of para-hydroxylation sites is 1. The first-order valence-electron chi connectivity index (χ1n) is 5.96. The van der Waals surface area contributed by atoms with Crippen molar-refractivity contribution < 1.29 is 14.6 Å². The molecule has 0 fully saturated rings. The molecule has 0 aliphatic rings. The van der Waals surface area contributed by atoms with Crippen LogP contribution in [0.4, 0.5) is 0 Å². The summed E-state index contributed by atoms with van der Waals surface area (Å²) in [6.45, 7) is 3.53. The Kier molecular flexibility index (Phi) is 4.73. The number of nitrogens with zero attached hydrogens (tertiary/aromatic N) is 1. The van der Waals surface area contributed by atoms with E-state index >= 15 is 0 Å². The summed E-state index contributed by atoms with van der Waals surface area (Å²) >= 11 is 0. The Balaban J connectivity index is 2.63. The van der Waals surface area contributed by atoms with Gasteiger partial charge in [-0.3, -0.25) is 4.79 Å². The van der Waals surface area contributed by atoms with E-state index in [4.69, 9.17) is 4.74 Å². The van der Waals surface area contributed by atoms with Crippen molar-refractivity contribution >= 4 is 5.91 Å². The molecular weight excluding hydrogens is 230 g/mol. The fourth-order valence-electron chi connectivity index (χ4n) is 1.77. The minimum absolute atomic E-state index is 0.280. The first-order chi connectivity index (χ1) is 8.36. The average molecular weight is 251 g/mol. The Labute approximate surface area is 108 Å². The minimum atomic E-state index is -1.32. The van der Waals surface area contributed by atoms with Crippen molar-refractivity contribution in [3.8, 4) is 5.75 Å². The minimum Gasteiger partial charge on any atom is -0.496 e. The van der Waals surface area contributed by atoms with Gasteiger partial charge in [-0.2, -0.15) is 0 Å². The van der Waals surface area contributed by atoms with Crippen molar-refractivity contribution in [1.29, 1.82) is 0 Å². The maximum atomic E-state index is 11.8. The lowest BCUT2D eigenvalue weighted by atomic mass is 10.1. The number of carbonyl (C=O) groups is 1. The molecule has 1 amide bonds. The second-order valence-electron chi connectivity index (χ2n) is 4.85. The molecule has 1 aromatic rings. The molecule has 4 heteroatoms. The van der Waals surface area contributed by atoms with Gasteiger partial charge in [0.1, 0.15) is 11.4 Å². The number of hydrogen-bond acceptors (Lipinski definition) is 3. The van der Waals surface area contributed by atoms with Crippen molar-refractivity contribution in [2.75, 3.05) is 20.7 Å². The number of carbonyl (C=O) groups excluding carboxylic acids is 1. The fourth-order valence-corrected chi connectivity index (χ4v) is 1.77. The van der Waals surface area contributed by atoms with Crippen molar-refractivity contribution in [3.05, 3.63) is 29.8 Å². The van der Waals surface area contributed by atoms with E-state index in [2.05, 4.69) is 0 Å². The van der Waals surface area contributed by atoms with Crippen LogP contribution in [0.3, 0.4) is 0 Å². The Bertz CT molecular complexity index is 410. The standard InChI is InChI=1S/C14H21NO3/c1-14(2,17)13(16)15(3)10-9-11-7-5-6-8-12(11)18-4/h5-8,17H,9-10H2,1-4H3. The number of methoxy groups -OCH3 is 1. The molecule has 0 unspecified atom stereocenters. The molecule has 18 heavy (non-hydrogen) atoms. The SMILES string of the molecule is COc1ccccc1CCN(C)C(=O)C(C)(C)O. The van der Waals surface area contributed by atoms with E-state index in [-0.39, 0.29) is 5.91 Å². The smallest absolute Gasteiger partial charge is 0.253 e. The van der Waals surface area contributed by atoms with Crippen molar-refractivity contribution in [3.63, 3.8) is 0 Å². The summed E-state index contributed by atoms with van der Waals surface area (Å²) < 4.78 is 5.25. The second kappa shape index (κ2) is 5.87. The third kappa shape index (κ3) is 3.74. The van der Waals surface area contributed by atoms with Crippen LogP contribution in [0.5, 0.6) is 5.75 Å². The van der Waals surface area contributed by atoms with Crippen LogP contribution in [-0.4, -0.2) is 42.2 Å². The summed E-state index contributed by atoms with van der Waals surface area (Å²) in [4.78, 5) is 13.3. The molecule has 0 saturated carbocycles. The van der Waals surface area contributed by atoms with Crippen molar-refractivity contribution in [2.24, 2.45) is 0 Å². The van der Waals surface area contributed by atoms with E-state index in [0.29, 0.717) is 13.0 Å². The van der Waals surface area contributed by atoms with E-state index in [9.17, 15) is 9.90 Å². The van der Waals surface area contributed by atoms with Crippen LogP contribution in [0.1, 0.15) is 19.4 Å². The molecule has 0 aromatic heterocycles. The largest absolute Gasteiger partial charge is 0.496 e. The van der Waals surface area contributed by atoms with Gasteiger partial charge in [-0.15, -0.1) is 0 Å².